The molecule has 2 atom stereocenters. The highest BCUT2D eigenvalue weighted by Gasteiger charge is 2.28. The molecule has 0 radical (unpaired) electrons. The second kappa shape index (κ2) is 7.99. The first-order chi connectivity index (χ1) is 14.7. The van der Waals surface area contributed by atoms with Gasteiger partial charge in [-0.3, -0.25) is 4.79 Å². The van der Waals surface area contributed by atoms with Gasteiger partial charge in [0.15, 0.2) is 5.82 Å². The van der Waals surface area contributed by atoms with Gasteiger partial charge in [0, 0.05) is 24.1 Å². The highest BCUT2D eigenvalue weighted by atomic mass is 32.1. The fraction of sp³-hybridized carbons (Fsp3) is 0.304. The fourth-order valence-corrected chi connectivity index (χ4v) is 4.95. The molecule has 30 heavy (non-hydrogen) atoms. The summed E-state index contributed by atoms with van der Waals surface area (Å²) in [5, 5.41) is 11.7. The maximum absolute atomic E-state index is 11.7. The van der Waals surface area contributed by atoms with Crippen LogP contribution in [0, 0.1) is 0 Å². The first kappa shape index (κ1) is 18.9. The molecule has 0 saturated heterocycles. The Hall–Kier alpha value is -3.06. The highest BCUT2D eigenvalue weighted by Crippen LogP contribution is 2.34. The summed E-state index contributed by atoms with van der Waals surface area (Å²) in [6, 6.07) is 15.4. The summed E-state index contributed by atoms with van der Waals surface area (Å²) in [5.41, 5.74) is 6.33. The van der Waals surface area contributed by atoms with Gasteiger partial charge in [-0.25, -0.2) is 4.98 Å². The molecule has 1 aliphatic carbocycles. The van der Waals surface area contributed by atoms with E-state index in [0.29, 0.717) is 12.5 Å². The van der Waals surface area contributed by atoms with Crippen LogP contribution >= 0.6 is 11.3 Å². The topological polar surface area (TPSA) is 72.7 Å². The van der Waals surface area contributed by atoms with Crippen molar-refractivity contribution in [2.45, 2.75) is 44.7 Å². The van der Waals surface area contributed by atoms with Crippen molar-refractivity contribution >= 4 is 27.5 Å². The van der Waals surface area contributed by atoms with E-state index in [2.05, 4.69) is 67.5 Å². The molecule has 0 bridgehead atoms. The smallest absolute Gasteiger partial charge is 0.219 e. The van der Waals surface area contributed by atoms with E-state index >= 15 is 0 Å². The third-order valence-electron chi connectivity index (χ3n) is 5.87. The molecule has 1 fully saturated rings. The number of hydrogen-bond acceptors (Lipinski definition) is 5. The fourth-order valence-electron chi connectivity index (χ4n) is 4.23. The highest BCUT2D eigenvalue weighted by molar-refractivity contribution is 7.16. The summed E-state index contributed by atoms with van der Waals surface area (Å²) in [6.07, 6.45) is 5.28. The molecule has 0 spiro atoms. The zero-order valence-electron chi connectivity index (χ0n) is 16.8. The number of rotatable bonds is 5. The van der Waals surface area contributed by atoms with Gasteiger partial charge < -0.3 is 9.88 Å². The van der Waals surface area contributed by atoms with Crippen molar-refractivity contribution < 1.29 is 4.79 Å². The number of carbonyl (C=O) groups is 1. The summed E-state index contributed by atoms with van der Waals surface area (Å²) in [5.74, 6) is 1.00. The summed E-state index contributed by atoms with van der Waals surface area (Å²) in [4.78, 5) is 16.1. The van der Waals surface area contributed by atoms with Gasteiger partial charge >= 0.3 is 0 Å². The van der Waals surface area contributed by atoms with Gasteiger partial charge in [-0.2, -0.15) is 0 Å². The van der Waals surface area contributed by atoms with Crippen molar-refractivity contribution in [3.8, 4) is 22.5 Å². The molecule has 4 aromatic rings. The number of carbonyl (C=O) groups excluding carboxylic acids is 1. The van der Waals surface area contributed by atoms with Crippen LogP contribution in [-0.4, -0.2) is 31.7 Å². The minimum Gasteiger partial charge on any atom is -0.353 e. The van der Waals surface area contributed by atoms with E-state index in [-0.39, 0.29) is 11.9 Å². The third kappa shape index (κ3) is 3.61. The van der Waals surface area contributed by atoms with E-state index in [1.54, 1.807) is 11.3 Å². The van der Waals surface area contributed by atoms with Crippen LogP contribution < -0.4 is 5.32 Å². The Balaban J connectivity index is 1.36. The maximum Gasteiger partial charge on any atom is 0.219 e. The number of hydrogen-bond donors (Lipinski definition) is 1. The van der Waals surface area contributed by atoms with Gasteiger partial charge in [-0.05, 0) is 42.5 Å². The number of benzene rings is 2. The van der Waals surface area contributed by atoms with Crippen LogP contribution in [-0.2, 0) is 4.79 Å². The quantitative estimate of drug-likeness (QED) is 0.504. The average molecular weight is 418 g/mol. The van der Waals surface area contributed by atoms with Gasteiger partial charge in [-0.15, -0.1) is 21.5 Å². The summed E-state index contributed by atoms with van der Waals surface area (Å²) >= 11 is 1.66. The normalized spacial score (nSPS) is 18.7. The van der Waals surface area contributed by atoms with Crippen LogP contribution in [0.2, 0.25) is 0 Å². The van der Waals surface area contributed by atoms with Crippen molar-refractivity contribution in [1.82, 2.24) is 25.1 Å². The largest absolute Gasteiger partial charge is 0.353 e. The first-order valence-corrected chi connectivity index (χ1v) is 11.2. The van der Waals surface area contributed by atoms with E-state index in [4.69, 9.17) is 0 Å². The molecule has 5 rings (SSSR count). The van der Waals surface area contributed by atoms with Gasteiger partial charge in [0.1, 0.15) is 6.33 Å². The SMILES string of the molecule is CCC(=O)N[C@H]1CCC(n2cnnc2-c2ccc(-c3ccc4ncsc4c3)cc2)C1. The zero-order valence-corrected chi connectivity index (χ0v) is 17.6. The minimum atomic E-state index is 0.122. The Morgan fingerprint density at radius 2 is 1.93 bits per heavy atom. The molecule has 7 heteroatoms. The molecule has 1 unspecified atom stereocenters. The molecular formula is C23H23N5OS. The second-order valence-corrected chi connectivity index (χ2v) is 8.65. The van der Waals surface area contributed by atoms with Crippen LogP contribution in [0.4, 0.5) is 0 Å². The molecule has 2 heterocycles. The number of nitrogens with zero attached hydrogens (tertiary/aromatic N) is 4. The zero-order chi connectivity index (χ0) is 20.5. The standard InChI is InChI=1S/C23H23N5OS/c1-2-22(29)26-18-8-9-19(12-18)28-13-25-27-23(28)16-5-3-15(4-6-16)17-7-10-20-21(11-17)30-14-24-20/h3-7,10-11,13-14,18-19H,2,8-9,12H2,1H3,(H,26,29)/t18-,19?/m0/s1. The van der Waals surface area contributed by atoms with Crippen molar-refractivity contribution in [3.05, 3.63) is 54.3 Å². The lowest BCUT2D eigenvalue weighted by Gasteiger charge is -2.16. The molecule has 0 aliphatic heterocycles. The summed E-state index contributed by atoms with van der Waals surface area (Å²) < 4.78 is 3.36. The lowest BCUT2D eigenvalue weighted by atomic mass is 10.0. The van der Waals surface area contributed by atoms with Crippen molar-refractivity contribution in [1.29, 1.82) is 0 Å². The minimum absolute atomic E-state index is 0.122. The second-order valence-electron chi connectivity index (χ2n) is 7.76. The van der Waals surface area contributed by atoms with Crippen molar-refractivity contribution in [2.75, 3.05) is 0 Å². The maximum atomic E-state index is 11.7. The molecule has 1 aliphatic rings. The van der Waals surface area contributed by atoms with Gasteiger partial charge in [0.05, 0.1) is 15.7 Å². The molecule has 152 valence electrons. The van der Waals surface area contributed by atoms with Crippen molar-refractivity contribution in [3.63, 3.8) is 0 Å². The van der Waals surface area contributed by atoms with E-state index in [9.17, 15) is 4.79 Å². The Labute approximate surface area is 179 Å². The van der Waals surface area contributed by atoms with E-state index in [1.807, 2.05) is 18.8 Å². The van der Waals surface area contributed by atoms with Crippen LogP contribution in [0.15, 0.2) is 54.3 Å². The third-order valence-corrected chi connectivity index (χ3v) is 6.66. The van der Waals surface area contributed by atoms with Crippen LogP contribution in [0.3, 0.4) is 0 Å². The van der Waals surface area contributed by atoms with Crippen LogP contribution in [0.25, 0.3) is 32.7 Å². The molecule has 6 nitrogen and oxygen atoms in total. The van der Waals surface area contributed by atoms with Gasteiger partial charge in [0.25, 0.3) is 0 Å². The van der Waals surface area contributed by atoms with Gasteiger partial charge in [-0.1, -0.05) is 37.3 Å². The van der Waals surface area contributed by atoms with E-state index in [0.717, 1.165) is 36.2 Å². The molecular weight excluding hydrogens is 394 g/mol. The molecule has 1 N–H and O–H groups in total. The lowest BCUT2D eigenvalue weighted by molar-refractivity contribution is -0.121. The molecule has 1 amide bonds. The van der Waals surface area contributed by atoms with E-state index < -0.39 is 0 Å². The Kier molecular flexibility index (Phi) is 5.04. The number of fused-ring (bicyclic) bond motifs is 1. The van der Waals surface area contributed by atoms with E-state index in [1.165, 1.54) is 15.8 Å². The Bertz CT molecular complexity index is 1180. The Morgan fingerprint density at radius 3 is 2.77 bits per heavy atom. The Morgan fingerprint density at radius 1 is 1.13 bits per heavy atom. The average Bonchev–Trinajstić information content (AvgIpc) is 3.53. The number of aromatic nitrogens is 4. The number of thiazole rings is 1. The predicted molar refractivity (Wildman–Crippen MR) is 119 cm³/mol. The summed E-state index contributed by atoms with van der Waals surface area (Å²) in [7, 11) is 0. The molecule has 2 aromatic carbocycles. The molecule has 2 aromatic heterocycles. The lowest BCUT2D eigenvalue weighted by Crippen LogP contribution is -2.32. The predicted octanol–water partition coefficient (Wildman–Crippen LogP) is 4.84. The monoisotopic (exact) mass is 417 g/mol. The van der Waals surface area contributed by atoms with Crippen molar-refractivity contribution in [2.24, 2.45) is 0 Å². The van der Waals surface area contributed by atoms with Crippen LogP contribution in [0.5, 0.6) is 0 Å². The van der Waals surface area contributed by atoms with Gasteiger partial charge in [0.2, 0.25) is 5.91 Å². The van der Waals surface area contributed by atoms with Crippen LogP contribution in [0.1, 0.15) is 38.6 Å². The number of nitrogens with one attached hydrogen (secondary N) is 1. The first-order valence-electron chi connectivity index (χ1n) is 10.3. The summed E-state index contributed by atoms with van der Waals surface area (Å²) in [6.45, 7) is 1.89. The number of amides is 1. The molecule has 1 saturated carbocycles.